The first-order valence-corrected chi connectivity index (χ1v) is 11.1. The first-order chi connectivity index (χ1) is 15.4. The van der Waals surface area contributed by atoms with Crippen molar-refractivity contribution in [2.24, 2.45) is 5.92 Å². The molecule has 1 aliphatic rings. The lowest BCUT2D eigenvalue weighted by Gasteiger charge is -2.34. The van der Waals surface area contributed by atoms with Crippen molar-refractivity contribution in [3.8, 4) is 11.5 Å². The highest BCUT2D eigenvalue weighted by molar-refractivity contribution is 6.09. The highest BCUT2D eigenvalue weighted by atomic mass is 16.5. The van der Waals surface area contributed by atoms with E-state index in [-0.39, 0.29) is 24.1 Å². The number of para-hydroxylation sites is 2. The molecule has 0 unspecified atom stereocenters. The standard InChI is InChI=1S/C25H33N3O4/c1-18(2)27-14-12-19(13-15-27)16-26-24(30)17-28(22-6-4-5-7-23(22)29)25(31)20-8-10-21(32-3)11-9-20/h4-11,18-19,29H,12-17H2,1-3H3,(H,26,30). The zero-order valence-corrected chi connectivity index (χ0v) is 19.1. The van der Waals surface area contributed by atoms with Crippen LogP contribution >= 0.6 is 0 Å². The third-order valence-corrected chi connectivity index (χ3v) is 6.02. The molecule has 7 heteroatoms. The van der Waals surface area contributed by atoms with Crippen molar-refractivity contribution in [3.05, 3.63) is 54.1 Å². The molecule has 172 valence electrons. The number of hydrogen-bond acceptors (Lipinski definition) is 5. The fourth-order valence-electron chi connectivity index (χ4n) is 3.98. The second-order valence-corrected chi connectivity index (χ2v) is 8.49. The van der Waals surface area contributed by atoms with Crippen molar-refractivity contribution in [1.29, 1.82) is 0 Å². The largest absolute Gasteiger partial charge is 0.506 e. The monoisotopic (exact) mass is 439 g/mol. The Morgan fingerprint density at radius 2 is 1.78 bits per heavy atom. The summed E-state index contributed by atoms with van der Waals surface area (Å²) in [6.07, 6.45) is 2.10. The van der Waals surface area contributed by atoms with Crippen molar-refractivity contribution in [2.75, 3.05) is 38.2 Å². The van der Waals surface area contributed by atoms with Crippen LogP contribution in [-0.2, 0) is 4.79 Å². The van der Waals surface area contributed by atoms with Crippen LogP contribution in [0.1, 0.15) is 37.0 Å². The van der Waals surface area contributed by atoms with E-state index in [0.29, 0.717) is 35.5 Å². The molecule has 0 aliphatic carbocycles. The number of carbonyl (C=O) groups excluding carboxylic acids is 2. The van der Waals surface area contributed by atoms with Gasteiger partial charge in [0.15, 0.2) is 0 Å². The third-order valence-electron chi connectivity index (χ3n) is 6.02. The van der Waals surface area contributed by atoms with Gasteiger partial charge in [-0.05, 0) is 82.1 Å². The predicted molar refractivity (Wildman–Crippen MR) is 125 cm³/mol. The van der Waals surface area contributed by atoms with Gasteiger partial charge < -0.3 is 20.1 Å². The van der Waals surface area contributed by atoms with Gasteiger partial charge in [-0.15, -0.1) is 0 Å². The summed E-state index contributed by atoms with van der Waals surface area (Å²) in [4.78, 5) is 29.8. The maximum atomic E-state index is 13.2. The van der Waals surface area contributed by atoms with Gasteiger partial charge in [0.25, 0.3) is 5.91 Å². The number of hydrogen-bond donors (Lipinski definition) is 2. The molecule has 2 N–H and O–H groups in total. The van der Waals surface area contributed by atoms with Crippen LogP contribution in [0.5, 0.6) is 11.5 Å². The summed E-state index contributed by atoms with van der Waals surface area (Å²) >= 11 is 0. The molecular weight excluding hydrogens is 406 g/mol. The maximum absolute atomic E-state index is 13.2. The Hall–Kier alpha value is -3.06. The number of benzene rings is 2. The van der Waals surface area contributed by atoms with Crippen molar-refractivity contribution in [2.45, 2.75) is 32.7 Å². The van der Waals surface area contributed by atoms with Crippen LogP contribution < -0.4 is 15.0 Å². The Balaban J connectivity index is 1.67. The molecule has 1 saturated heterocycles. The molecule has 1 fully saturated rings. The van der Waals surface area contributed by atoms with Gasteiger partial charge in [-0.2, -0.15) is 0 Å². The molecule has 2 amide bonds. The predicted octanol–water partition coefficient (Wildman–Crippen LogP) is 3.28. The number of aromatic hydroxyl groups is 1. The number of piperidine rings is 1. The van der Waals surface area contributed by atoms with Crippen LogP contribution in [0.2, 0.25) is 0 Å². The summed E-state index contributed by atoms with van der Waals surface area (Å²) in [6.45, 7) is 6.91. The number of methoxy groups -OCH3 is 1. The van der Waals surface area contributed by atoms with Crippen LogP contribution in [0, 0.1) is 5.92 Å². The van der Waals surface area contributed by atoms with Gasteiger partial charge in [-0.1, -0.05) is 12.1 Å². The molecule has 1 aliphatic heterocycles. The zero-order chi connectivity index (χ0) is 23.1. The number of carbonyl (C=O) groups is 2. The van der Waals surface area contributed by atoms with Crippen LogP contribution in [0.4, 0.5) is 5.69 Å². The van der Waals surface area contributed by atoms with E-state index in [9.17, 15) is 14.7 Å². The van der Waals surface area contributed by atoms with Gasteiger partial charge in [-0.3, -0.25) is 14.5 Å². The SMILES string of the molecule is COc1ccc(C(=O)N(CC(=O)NCC2CCN(C(C)C)CC2)c2ccccc2O)cc1. The molecule has 0 atom stereocenters. The Morgan fingerprint density at radius 3 is 2.38 bits per heavy atom. The fraction of sp³-hybridized carbons (Fsp3) is 0.440. The number of anilines is 1. The van der Waals surface area contributed by atoms with Gasteiger partial charge >= 0.3 is 0 Å². The molecule has 0 bridgehead atoms. The minimum atomic E-state index is -0.366. The van der Waals surface area contributed by atoms with Crippen molar-refractivity contribution in [1.82, 2.24) is 10.2 Å². The van der Waals surface area contributed by atoms with Gasteiger partial charge in [0.1, 0.15) is 18.0 Å². The van der Waals surface area contributed by atoms with E-state index < -0.39 is 0 Å². The first kappa shape index (κ1) is 23.6. The Bertz CT molecular complexity index is 906. The van der Waals surface area contributed by atoms with E-state index >= 15 is 0 Å². The second-order valence-electron chi connectivity index (χ2n) is 8.49. The van der Waals surface area contributed by atoms with Gasteiger partial charge in [0.2, 0.25) is 5.91 Å². The van der Waals surface area contributed by atoms with Gasteiger partial charge in [0, 0.05) is 18.2 Å². The molecule has 0 aromatic heterocycles. The van der Waals surface area contributed by atoms with Crippen molar-refractivity contribution < 1.29 is 19.4 Å². The van der Waals surface area contributed by atoms with Crippen molar-refractivity contribution >= 4 is 17.5 Å². The quantitative estimate of drug-likeness (QED) is 0.660. The Kier molecular flexibility index (Phi) is 8.11. The van der Waals surface area contributed by atoms with E-state index in [0.717, 1.165) is 25.9 Å². The number of likely N-dealkylation sites (tertiary alicyclic amines) is 1. The lowest BCUT2D eigenvalue weighted by molar-refractivity contribution is -0.120. The van der Waals surface area contributed by atoms with E-state index in [4.69, 9.17) is 4.74 Å². The zero-order valence-electron chi connectivity index (χ0n) is 19.1. The van der Waals surface area contributed by atoms with Gasteiger partial charge in [-0.25, -0.2) is 0 Å². The minimum absolute atomic E-state index is 0.0526. The molecule has 1 heterocycles. The van der Waals surface area contributed by atoms with E-state index in [1.54, 1.807) is 49.6 Å². The number of nitrogens with zero attached hydrogens (tertiary/aromatic N) is 2. The first-order valence-electron chi connectivity index (χ1n) is 11.1. The maximum Gasteiger partial charge on any atom is 0.258 e. The summed E-state index contributed by atoms with van der Waals surface area (Å²) in [7, 11) is 1.56. The molecule has 3 rings (SSSR count). The van der Waals surface area contributed by atoms with E-state index in [2.05, 4.69) is 24.1 Å². The fourth-order valence-corrected chi connectivity index (χ4v) is 3.98. The highest BCUT2D eigenvalue weighted by Gasteiger charge is 2.25. The minimum Gasteiger partial charge on any atom is -0.506 e. The number of phenols is 1. The Morgan fingerprint density at radius 1 is 1.12 bits per heavy atom. The number of phenolic OH excluding ortho intramolecular Hbond substituents is 1. The molecule has 2 aromatic carbocycles. The average molecular weight is 440 g/mol. The van der Waals surface area contributed by atoms with Gasteiger partial charge in [0.05, 0.1) is 12.8 Å². The summed E-state index contributed by atoms with van der Waals surface area (Å²) in [5, 5.41) is 13.3. The molecule has 0 spiro atoms. The summed E-state index contributed by atoms with van der Waals surface area (Å²) in [5.41, 5.74) is 0.705. The molecular formula is C25H33N3O4. The van der Waals surface area contributed by atoms with Crippen LogP contribution in [-0.4, -0.2) is 61.2 Å². The van der Waals surface area contributed by atoms with Crippen molar-refractivity contribution in [3.63, 3.8) is 0 Å². The molecule has 7 nitrogen and oxygen atoms in total. The summed E-state index contributed by atoms with van der Waals surface area (Å²) in [5.74, 6) is 0.404. The van der Waals surface area contributed by atoms with E-state index in [1.165, 1.54) is 11.0 Å². The molecule has 2 aromatic rings. The average Bonchev–Trinajstić information content (AvgIpc) is 2.81. The molecule has 0 radical (unpaired) electrons. The number of rotatable bonds is 8. The van der Waals surface area contributed by atoms with Crippen LogP contribution in [0.15, 0.2) is 48.5 Å². The lowest BCUT2D eigenvalue weighted by Crippen LogP contribution is -2.44. The van der Waals surface area contributed by atoms with Crippen LogP contribution in [0.3, 0.4) is 0 Å². The molecule has 0 saturated carbocycles. The number of ether oxygens (including phenoxy) is 1. The summed E-state index contributed by atoms with van der Waals surface area (Å²) in [6, 6.07) is 13.8. The lowest BCUT2D eigenvalue weighted by atomic mass is 9.96. The number of nitrogens with one attached hydrogen (secondary N) is 1. The highest BCUT2D eigenvalue weighted by Crippen LogP contribution is 2.28. The topological polar surface area (TPSA) is 82.1 Å². The number of amides is 2. The van der Waals surface area contributed by atoms with Crippen LogP contribution in [0.25, 0.3) is 0 Å². The Labute approximate surface area is 190 Å². The smallest absolute Gasteiger partial charge is 0.258 e. The summed E-state index contributed by atoms with van der Waals surface area (Å²) < 4.78 is 5.15. The second kappa shape index (κ2) is 11.0. The third kappa shape index (κ3) is 6.01. The van der Waals surface area contributed by atoms with E-state index in [1.807, 2.05) is 0 Å². The molecule has 32 heavy (non-hydrogen) atoms. The normalized spacial score (nSPS) is 14.9.